The number of aliphatic hydroxyl groups is 1. The highest BCUT2D eigenvalue weighted by atomic mass is 19.1. The van der Waals surface area contributed by atoms with E-state index in [0.29, 0.717) is 5.69 Å². The highest BCUT2D eigenvalue weighted by Gasteiger charge is 2.38. The number of halogens is 2. The molecule has 1 fully saturated rings. The Morgan fingerprint density at radius 2 is 2.12 bits per heavy atom. The first-order chi connectivity index (χ1) is 12.0. The molecule has 132 valence electrons. The summed E-state index contributed by atoms with van der Waals surface area (Å²) in [7, 11) is 0. The Kier molecular flexibility index (Phi) is 4.03. The van der Waals surface area contributed by atoms with Gasteiger partial charge in [-0.3, -0.25) is 4.79 Å². The highest BCUT2D eigenvalue weighted by molar-refractivity contribution is 5.92. The van der Waals surface area contributed by atoms with Gasteiger partial charge in [-0.2, -0.15) is 0 Å². The number of carbonyl (C=O) groups excluding carboxylic acids is 1. The van der Waals surface area contributed by atoms with Crippen LogP contribution in [0.4, 0.5) is 8.78 Å². The van der Waals surface area contributed by atoms with Gasteiger partial charge in [0.05, 0.1) is 12.1 Å². The third kappa shape index (κ3) is 2.93. The Morgan fingerprint density at radius 1 is 1.28 bits per heavy atom. The Hall–Kier alpha value is -2.28. The summed E-state index contributed by atoms with van der Waals surface area (Å²) in [6.45, 7) is 0.918. The summed E-state index contributed by atoms with van der Waals surface area (Å²) in [6, 6.07) is 2.49. The normalized spacial score (nSPS) is 22.9. The third-order valence-electron chi connectivity index (χ3n) is 4.98. The lowest BCUT2D eigenvalue weighted by molar-refractivity contribution is 0.0708. The van der Waals surface area contributed by atoms with Gasteiger partial charge in [-0.1, -0.05) is 0 Å². The molecule has 0 radical (unpaired) electrons. The zero-order valence-corrected chi connectivity index (χ0v) is 13.7. The minimum atomic E-state index is -0.770. The molecule has 2 aromatic rings. The summed E-state index contributed by atoms with van der Waals surface area (Å²) in [5.74, 6) is -0.625. The lowest BCUT2D eigenvalue weighted by Crippen LogP contribution is -2.32. The molecule has 2 aliphatic heterocycles. The fourth-order valence-corrected chi connectivity index (χ4v) is 3.77. The molecule has 1 saturated heterocycles. The summed E-state index contributed by atoms with van der Waals surface area (Å²) in [4.78, 5) is 18.7. The molecule has 1 N–H and O–H groups in total. The molecule has 2 unspecified atom stereocenters. The van der Waals surface area contributed by atoms with E-state index in [4.69, 9.17) is 0 Å². The van der Waals surface area contributed by atoms with Gasteiger partial charge in [0.15, 0.2) is 0 Å². The summed E-state index contributed by atoms with van der Waals surface area (Å²) in [5.41, 5.74) is 0.390. The van der Waals surface area contributed by atoms with E-state index in [1.165, 1.54) is 4.90 Å². The number of aromatic nitrogens is 2. The Labute approximate surface area is 143 Å². The predicted octanol–water partition coefficient (Wildman–Crippen LogP) is 2.45. The van der Waals surface area contributed by atoms with Crippen LogP contribution in [0.1, 0.15) is 47.2 Å². The number of likely N-dealkylation sites (tertiary alicyclic amines) is 1. The number of amides is 1. The van der Waals surface area contributed by atoms with Gasteiger partial charge in [0, 0.05) is 31.3 Å². The van der Waals surface area contributed by atoms with Crippen molar-refractivity contribution in [2.24, 2.45) is 0 Å². The van der Waals surface area contributed by atoms with Crippen molar-refractivity contribution in [3.8, 4) is 0 Å². The molecule has 0 bridgehead atoms. The molecule has 7 heteroatoms. The average molecular weight is 347 g/mol. The number of benzene rings is 1. The molecule has 1 aromatic heterocycles. The number of rotatable bonds is 2. The first kappa shape index (κ1) is 16.2. The maximum Gasteiger partial charge on any atom is 0.274 e. The number of nitrogens with zero attached hydrogens (tertiary/aromatic N) is 3. The number of hydrogen-bond acceptors (Lipinski definition) is 3. The Morgan fingerprint density at radius 3 is 2.92 bits per heavy atom. The van der Waals surface area contributed by atoms with Gasteiger partial charge in [0.1, 0.15) is 23.2 Å². The molecule has 1 aromatic carbocycles. The molecule has 1 amide bonds. The van der Waals surface area contributed by atoms with Crippen molar-refractivity contribution >= 4 is 5.91 Å². The van der Waals surface area contributed by atoms with E-state index in [0.717, 1.165) is 49.8 Å². The quantitative estimate of drug-likeness (QED) is 0.908. The third-order valence-corrected chi connectivity index (χ3v) is 4.98. The van der Waals surface area contributed by atoms with Crippen LogP contribution in [-0.4, -0.2) is 38.1 Å². The fourth-order valence-electron chi connectivity index (χ4n) is 3.77. The Bertz CT molecular complexity index is 797. The number of hydrogen-bond donors (Lipinski definition) is 1. The van der Waals surface area contributed by atoms with Crippen LogP contribution in [0.5, 0.6) is 0 Å². The molecule has 4 rings (SSSR count). The topological polar surface area (TPSA) is 58.4 Å². The van der Waals surface area contributed by atoms with E-state index in [1.54, 1.807) is 6.20 Å². The van der Waals surface area contributed by atoms with Gasteiger partial charge in [-0.05, 0) is 37.5 Å². The van der Waals surface area contributed by atoms with Crippen LogP contribution in [0.25, 0.3) is 0 Å². The molecule has 25 heavy (non-hydrogen) atoms. The SMILES string of the molecule is O=C(c1cn2c(n1)CCCC2)N1CC(O)CC1c1cc(F)ccc1F. The van der Waals surface area contributed by atoms with Gasteiger partial charge in [-0.15, -0.1) is 0 Å². The van der Waals surface area contributed by atoms with Gasteiger partial charge >= 0.3 is 0 Å². The van der Waals surface area contributed by atoms with Crippen molar-refractivity contribution in [3.63, 3.8) is 0 Å². The standard InChI is InChI=1S/C18H19F2N3O2/c19-11-4-5-14(20)13(7-11)16-8-12(24)9-23(16)18(25)15-10-22-6-2-1-3-17(22)21-15/h4-5,7,10,12,16,24H,1-3,6,8-9H2. The number of carbonyl (C=O) groups is 1. The fraction of sp³-hybridized carbons (Fsp3) is 0.444. The summed E-state index contributed by atoms with van der Waals surface area (Å²) in [5, 5.41) is 10.0. The molecule has 0 aliphatic carbocycles. The largest absolute Gasteiger partial charge is 0.391 e. The Balaban J connectivity index is 1.66. The van der Waals surface area contributed by atoms with Gasteiger partial charge in [-0.25, -0.2) is 13.8 Å². The molecule has 3 heterocycles. The average Bonchev–Trinajstić information content (AvgIpc) is 3.19. The van der Waals surface area contributed by atoms with E-state index in [9.17, 15) is 18.7 Å². The first-order valence-electron chi connectivity index (χ1n) is 8.53. The zero-order chi connectivity index (χ0) is 17.6. The van der Waals surface area contributed by atoms with E-state index in [-0.39, 0.29) is 24.4 Å². The first-order valence-corrected chi connectivity index (χ1v) is 8.53. The van der Waals surface area contributed by atoms with Crippen molar-refractivity contribution in [1.29, 1.82) is 0 Å². The monoisotopic (exact) mass is 347 g/mol. The smallest absolute Gasteiger partial charge is 0.274 e. The maximum absolute atomic E-state index is 14.2. The van der Waals surface area contributed by atoms with Crippen LogP contribution in [0.2, 0.25) is 0 Å². The zero-order valence-electron chi connectivity index (χ0n) is 13.7. The number of fused-ring (bicyclic) bond motifs is 1. The van der Waals surface area contributed by atoms with Crippen molar-refractivity contribution in [2.45, 2.75) is 44.4 Å². The molecule has 0 saturated carbocycles. The van der Waals surface area contributed by atoms with E-state index in [1.807, 2.05) is 4.57 Å². The lowest BCUT2D eigenvalue weighted by atomic mass is 10.0. The molecule has 2 atom stereocenters. The van der Waals surface area contributed by atoms with Gasteiger partial charge < -0.3 is 14.6 Å². The minimum Gasteiger partial charge on any atom is -0.391 e. The molecule has 0 spiro atoms. The van der Waals surface area contributed by atoms with Crippen LogP contribution >= 0.6 is 0 Å². The van der Waals surface area contributed by atoms with Crippen LogP contribution < -0.4 is 0 Å². The second kappa shape index (κ2) is 6.22. The molecule has 2 aliphatic rings. The van der Waals surface area contributed by atoms with Crippen LogP contribution in [0.15, 0.2) is 24.4 Å². The van der Waals surface area contributed by atoms with Gasteiger partial charge in [0.25, 0.3) is 5.91 Å². The van der Waals surface area contributed by atoms with E-state index in [2.05, 4.69) is 4.98 Å². The minimum absolute atomic E-state index is 0.0850. The maximum atomic E-state index is 14.2. The molecule has 5 nitrogen and oxygen atoms in total. The highest BCUT2D eigenvalue weighted by Crippen LogP contribution is 2.35. The number of aliphatic hydroxyl groups excluding tert-OH is 1. The second-order valence-electron chi connectivity index (χ2n) is 6.72. The van der Waals surface area contributed by atoms with E-state index < -0.39 is 23.8 Å². The van der Waals surface area contributed by atoms with Crippen LogP contribution in [0, 0.1) is 11.6 Å². The summed E-state index contributed by atoms with van der Waals surface area (Å²) < 4.78 is 29.7. The van der Waals surface area contributed by atoms with Crippen molar-refractivity contribution in [3.05, 3.63) is 53.1 Å². The van der Waals surface area contributed by atoms with E-state index >= 15 is 0 Å². The summed E-state index contributed by atoms with van der Waals surface area (Å²) in [6.07, 6.45) is 4.06. The van der Waals surface area contributed by atoms with Crippen molar-refractivity contribution in [2.75, 3.05) is 6.54 Å². The van der Waals surface area contributed by atoms with Crippen LogP contribution in [-0.2, 0) is 13.0 Å². The number of imidazole rings is 1. The molecular weight excluding hydrogens is 328 g/mol. The predicted molar refractivity (Wildman–Crippen MR) is 85.9 cm³/mol. The second-order valence-corrected chi connectivity index (χ2v) is 6.72. The van der Waals surface area contributed by atoms with Crippen LogP contribution in [0.3, 0.4) is 0 Å². The van der Waals surface area contributed by atoms with Crippen molar-refractivity contribution in [1.82, 2.24) is 14.5 Å². The molecular formula is C18H19F2N3O2. The summed E-state index contributed by atoms with van der Waals surface area (Å²) >= 11 is 0. The lowest BCUT2D eigenvalue weighted by Gasteiger charge is -2.24. The number of aryl methyl sites for hydroxylation is 2. The van der Waals surface area contributed by atoms with Gasteiger partial charge in [0.2, 0.25) is 0 Å². The van der Waals surface area contributed by atoms with Crippen molar-refractivity contribution < 1.29 is 18.7 Å². The number of β-amino-alcohol motifs (C(OH)–C–C–N with tert-alkyl or cyclic N) is 1.